The van der Waals surface area contributed by atoms with Crippen molar-refractivity contribution in [1.29, 1.82) is 0 Å². The van der Waals surface area contributed by atoms with E-state index < -0.39 is 0 Å². The molecule has 20 heavy (non-hydrogen) atoms. The van der Waals surface area contributed by atoms with Gasteiger partial charge in [0.2, 0.25) is 0 Å². The van der Waals surface area contributed by atoms with Crippen molar-refractivity contribution in [2.24, 2.45) is 7.05 Å². The Morgan fingerprint density at radius 2 is 1.85 bits per heavy atom. The SMILES string of the molecule is Cn1nccc1CNc1ccc(CN2CCCC2)cc1. The van der Waals surface area contributed by atoms with Crippen molar-refractivity contribution in [3.05, 3.63) is 47.8 Å². The smallest absolute Gasteiger partial charge is 0.0571 e. The lowest BCUT2D eigenvalue weighted by atomic mass is 10.2. The van der Waals surface area contributed by atoms with E-state index in [0.29, 0.717) is 0 Å². The van der Waals surface area contributed by atoms with Gasteiger partial charge >= 0.3 is 0 Å². The highest BCUT2D eigenvalue weighted by atomic mass is 15.3. The highest BCUT2D eigenvalue weighted by molar-refractivity contribution is 5.44. The van der Waals surface area contributed by atoms with Crippen molar-refractivity contribution in [2.75, 3.05) is 18.4 Å². The molecule has 0 atom stereocenters. The third kappa shape index (κ3) is 3.20. The number of benzene rings is 1. The van der Waals surface area contributed by atoms with Crippen LogP contribution in [0.1, 0.15) is 24.1 Å². The number of rotatable bonds is 5. The molecule has 1 aromatic heterocycles. The van der Waals surface area contributed by atoms with Gasteiger partial charge in [-0.3, -0.25) is 9.58 Å². The lowest BCUT2D eigenvalue weighted by Gasteiger charge is -2.15. The predicted molar refractivity (Wildman–Crippen MR) is 81.5 cm³/mol. The number of anilines is 1. The summed E-state index contributed by atoms with van der Waals surface area (Å²) in [5, 5.41) is 7.61. The molecule has 3 rings (SSSR count). The summed E-state index contributed by atoms with van der Waals surface area (Å²) >= 11 is 0. The van der Waals surface area contributed by atoms with Gasteiger partial charge in [-0.2, -0.15) is 5.10 Å². The Kier molecular flexibility index (Phi) is 4.02. The second-order valence-electron chi connectivity index (χ2n) is 5.48. The van der Waals surface area contributed by atoms with Crippen molar-refractivity contribution >= 4 is 5.69 Å². The van der Waals surface area contributed by atoms with E-state index in [1.807, 2.05) is 24.0 Å². The van der Waals surface area contributed by atoms with Gasteiger partial charge in [0.1, 0.15) is 0 Å². The van der Waals surface area contributed by atoms with Gasteiger partial charge in [-0.15, -0.1) is 0 Å². The van der Waals surface area contributed by atoms with Gasteiger partial charge in [-0.25, -0.2) is 0 Å². The Hall–Kier alpha value is -1.81. The molecule has 1 saturated heterocycles. The molecule has 1 fully saturated rings. The Morgan fingerprint density at radius 3 is 2.50 bits per heavy atom. The van der Waals surface area contributed by atoms with Crippen LogP contribution in [0.3, 0.4) is 0 Å². The summed E-state index contributed by atoms with van der Waals surface area (Å²) in [4.78, 5) is 2.53. The van der Waals surface area contributed by atoms with Crippen molar-refractivity contribution in [2.45, 2.75) is 25.9 Å². The Bertz CT molecular complexity index is 538. The van der Waals surface area contributed by atoms with Crippen LogP contribution in [-0.2, 0) is 20.1 Å². The summed E-state index contributed by atoms with van der Waals surface area (Å²) in [6.45, 7) is 4.39. The predicted octanol–water partition coefficient (Wildman–Crippen LogP) is 2.63. The average molecular weight is 270 g/mol. The van der Waals surface area contributed by atoms with Crippen LogP contribution < -0.4 is 5.32 Å². The van der Waals surface area contributed by atoms with E-state index in [4.69, 9.17) is 0 Å². The molecule has 2 heterocycles. The van der Waals surface area contributed by atoms with Gasteiger partial charge in [0.15, 0.2) is 0 Å². The van der Waals surface area contributed by atoms with E-state index in [-0.39, 0.29) is 0 Å². The van der Waals surface area contributed by atoms with Gasteiger partial charge in [0.25, 0.3) is 0 Å². The van der Waals surface area contributed by atoms with E-state index in [2.05, 4.69) is 39.6 Å². The molecule has 1 aromatic carbocycles. The topological polar surface area (TPSA) is 33.1 Å². The first-order valence-electron chi connectivity index (χ1n) is 7.33. The van der Waals surface area contributed by atoms with Gasteiger partial charge in [-0.1, -0.05) is 12.1 Å². The van der Waals surface area contributed by atoms with Crippen LogP contribution in [-0.4, -0.2) is 27.8 Å². The van der Waals surface area contributed by atoms with Gasteiger partial charge < -0.3 is 5.32 Å². The van der Waals surface area contributed by atoms with Crippen LogP contribution in [0, 0.1) is 0 Å². The molecular formula is C16H22N4. The van der Waals surface area contributed by atoms with Crippen molar-refractivity contribution in [3.8, 4) is 0 Å². The number of likely N-dealkylation sites (tertiary alicyclic amines) is 1. The number of nitrogens with one attached hydrogen (secondary N) is 1. The molecule has 0 amide bonds. The molecule has 2 aromatic rings. The highest BCUT2D eigenvalue weighted by Gasteiger charge is 2.11. The summed E-state index contributed by atoms with van der Waals surface area (Å²) in [7, 11) is 1.97. The van der Waals surface area contributed by atoms with E-state index in [1.165, 1.54) is 37.2 Å². The van der Waals surface area contributed by atoms with E-state index >= 15 is 0 Å². The molecule has 4 nitrogen and oxygen atoms in total. The molecule has 0 bridgehead atoms. The minimum atomic E-state index is 0.808. The maximum atomic E-state index is 4.17. The van der Waals surface area contributed by atoms with Crippen LogP contribution in [0.4, 0.5) is 5.69 Å². The lowest BCUT2D eigenvalue weighted by Crippen LogP contribution is -2.18. The van der Waals surface area contributed by atoms with Crippen molar-refractivity contribution in [1.82, 2.24) is 14.7 Å². The van der Waals surface area contributed by atoms with Gasteiger partial charge in [0.05, 0.1) is 12.2 Å². The number of hydrogen-bond acceptors (Lipinski definition) is 3. The Morgan fingerprint density at radius 1 is 1.10 bits per heavy atom. The molecule has 0 unspecified atom stereocenters. The van der Waals surface area contributed by atoms with Crippen LogP contribution in [0.5, 0.6) is 0 Å². The molecule has 0 aliphatic carbocycles. The van der Waals surface area contributed by atoms with Crippen LogP contribution in [0.2, 0.25) is 0 Å². The normalized spacial score (nSPS) is 15.7. The lowest BCUT2D eigenvalue weighted by molar-refractivity contribution is 0.331. The molecule has 4 heteroatoms. The summed E-state index contributed by atoms with van der Waals surface area (Å²) in [6.07, 6.45) is 4.53. The van der Waals surface area contributed by atoms with Crippen molar-refractivity contribution < 1.29 is 0 Å². The number of nitrogens with zero attached hydrogens (tertiary/aromatic N) is 3. The molecule has 1 N–H and O–H groups in total. The largest absolute Gasteiger partial charge is 0.379 e. The first-order valence-corrected chi connectivity index (χ1v) is 7.33. The molecule has 0 saturated carbocycles. The standard InChI is InChI=1S/C16H22N4/c1-19-16(8-9-18-19)12-17-15-6-4-14(5-7-15)13-20-10-2-3-11-20/h4-9,17H,2-3,10-13H2,1H3. The minimum Gasteiger partial charge on any atom is -0.379 e. The van der Waals surface area contributed by atoms with Crippen LogP contribution in [0.15, 0.2) is 36.5 Å². The quantitative estimate of drug-likeness (QED) is 0.906. The summed E-state index contributed by atoms with van der Waals surface area (Å²) in [5.41, 5.74) is 3.75. The maximum Gasteiger partial charge on any atom is 0.0571 e. The second-order valence-corrected chi connectivity index (χ2v) is 5.48. The first kappa shape index (κ1) is 13.2. The molecule has 0 spiro atoms. The fourth-order valence-corrected chi connectivity index (χ4v) is 2.69. The molecule has 1 aliphatic heterocycles. The average Bonchev–Trinajstić information content (AvgIpc) is 3.10. The zero-order chi connectivity index (χ0) is 13.8. The highest BCUT2D eigenvalue weighted by Crippen LogP contribution is 2.15. The summed E-state index contributed by atoms with van der Waals surface area (Å²) in [5.74, 6) is 0. The zero-order valence-electron chi connectivity index (χ0n) is 12.0. The molecule has 106 valence electrons. The maximum absolute atomic E-state index is 4.17. The van der Waals surface area contributed by atoms with Crippen LogP contribution >= 0.6 is 0 Å². The third-order valence-corrected chi connectivity index (χ3v) is 3.95. The van der Waals surface area contributed by atoms with E-state index in [1.54, 1.807) is 0 Å². The Balaban J connectivity index is 1.54. The monoisotopic (exact) mass is 270 g/mol. The second kappa shape index (κ2) is 6.09. The third-order valence-electron chi connectivity index (χ3n) is 3.95. The van der Waals surface area contributed by atoms with Gasteiger partial charge in [-0.05, 0) is 49.7 Å². The minimum absolute atomic E-state index is 0.808. The fourth-order valence-electron chi connectivity index (χ4n) is 2.69. The fraction of sp³-hybridized carbons (Fsp3) is 0.438. The Labute approximate surface area is 120 Å². The van der Waals surface area contributed by atoms with Crippen molar-refractivity contribution in [3.63, 3.8) is 0 Å². The van der Waals surface area contributed by atoms with E-state index in [9.17, 15) is 0 Å². The number of aromatic nitrogens is 2. The summed E-state index contributed by atoms with van der Waals surface area (Å²) in [6, 6.07) is 10.8. The van der Waals surface area contributed by atoms with Crippen LogP contribution in [0.25, 0.3) is 0 Å². The zero-order valence-corrected chi connectivity index (χ0v) is 12.0. The number of aryl methyl sites for hydroxylation is 1. The van der Waals surface area contributed by atoms with E-state index in [0.717, 1.165) is 18.8 Å². The first-order chi connectivity index (χ1) is 9.81. The van der Waals surface area contributed by atoms with Gasteiger partial charge in [0, 0.05) is 25.5 Å². The molecular weight excluding hydrogens is 248 g/mol. The molecule has 0 radical (unpaired) electrons. The number of hydrogen-bond donors (Lipinski definition) is 1. The summed E-state index contributed by atoms with van der Waals surface area (Å²) < 4.78 is 1.90. The molecule has 1 aliphatic rings.